The molecule has 0 atom stereocenters. The second kappa shape index (κ2) is 5.10. The number of aromatic nitrogens is 1. The van der Waals surface area contributed by atoms with Crippen molar-refractivity contribution in [3.63, 3.8) is 0 Å². The van der Waals surface area contributed by atoms with E-state index in [1.165, 1.54) is 0 Å². The van der Waals surface area contributed by atoms with Crippen LogP contribution < -0.4 is 5.32 Å². The van der Waals surface area contributed by atoms with Crippen molar-refractivity contribution in [1.82, 2.24) is 10.3 Å². The van der Waals surface area contributed by atoms with E-state index in [0.717, 1.165) is 12.0 Å². The van der Waals surface area contributed by atoms with E-state index >= 15 is 0 Å². The summed E-state index contributed by atoms with van der Waals surface area (Å²) < 4.78 is 0. The summed E-state index contributed by atoms with van der Waals surface area (Å²) in [5, 5.41) is 2.81. The summed E-state index contributed by atoms with van der Waals surface area (Å²) in [6, 6.07) is 3.75. The Morgan fingerprint density at radius 3 is 2.50 bits per heavy atom. The van der Waals surface area contributed by atoms with E-state index in [2.05, 4.69) is 31.1 Å². The van der Waals surface area contributed by atoms with Crippen LogP contribution in [0.1, 0.15) is 50.2 Å². The molecule has 0 aliphatic rings. The van der Waals surface area contributed by atoms with Crippen molar-refractivity contribution in [3.05, 3.63) is 29.6 Å². The number of nitrogens with zero attached hydrogens (tertiary/aromatic N) is 1. The maximum absolute atomic E-state index is 11.6. The summed E-state index contributed by atoms with van der Waals surface area (Å²) in [7, 11) is 0. The molecule has 0 aliphatic heterocycles. The molecule has 0 unspecified atom stereocenters. The van der Waals surface area contributed by atoms with Crippen LogP contribution in [0.25, 0.3) is 0 Å². The predicted octanol–water partition coefficient (Wildman–Crippen LogP) is 2.52. The quantitative estimate of drug-likeness (QED) is 0.850. The van der Waals surface area contributed by atoms with Crippen molar-refractivity contribution >= 4 is 5.91 Å². The fraction of sp³-hybridized carbons (Fsp3) is 0.538. The minimum absolute atomic E-state index is 0.0748. The van der Waals surface area contributed by atoms with Gasteiger partial charge < -0.3 is 5.32 Å². The minimum Gasteiger partial charge on any atom is -0.351 e. The van der Waals surface area contributed by atoms with Crippen LogP contribution in [0.15, 0.2) is 18.3 Å². The average molecular weight is 220 g/mol. The zero-order valence-electron chi connectivity index (χ0n) is 10.5. The number of hydrogen-bond donors (Lipinski definition) is 1. The number of carbonyl (C=O) groups is 1. The highest BCUT2D eigenvalue weighted by Crippen LogP contribution is 2.20. The molecule has 0 spiro atoms. The first kappa shape index (κ1) is 12.7. The van der Waals surface area contributed by atoms with Gasteiger partial charge in [-0.3, -0.25) is 9.78 Å². The predicted molar refractivity (Wildman–Crippen MR) is 65.6 cm³/mol. The molecule has 1 N–H and O–H groups in total. The molecule has 0 bridgehead atoms. The Morgan fingerprint density at radius 1 is 1.38 bits per heavy atom. The summed E-state index contributed by atoms with van der Waals surface area (Å²) in [6.45, 7) is 9.10. The molecule has 88 valence electrons. The first-order valence-electron chi connectivity index (χ1n) is 5.70. The van der Waals surface area contributed by atoms with Crippen molar-refractivity contribution in [2.75, 3.05) is 6.54 Å². The normalized spacial score (nSPS) is 11.2. The molecule has 3 nitrogen and oxygen atoms in total. The number of rotatable bonds is 3. The van der Waals surface area contributed by atoms with Gasteiger partial charge in [-0.25, -0.2) is 0 Å². The zero-order valence-corrected chi connectivity index (χ0v) is 10.5. The van der Waals surface area contributed by atoms with Gasteiger partial charge in [0.2, 0.25) is 0 Å². The Hall–Kier alpha value is -1.38. The van der Waals surface area contributed by atoms with Crippen molar-refractivity contribution < 1.29 is 4.79 Å². The summed E-state index contributed by atoms with van der Waals surface area (Å²) in [5.74, 6) is -0.0951. The molecular weight excluding hydrogens is 200 g/mol. The van der Waals surface area contributed by atoms with E-state index < -0.39 is 0 Å². The summed E-state index contributed by atoms with van der Waals surface area (Å²) >= 11 is 0. The van der Waals surface area contributed by atoms with E-state index in [1.807, 2.05) is 13.0 Å². The third kappa shape index (κ3) is 3.33. The number of hydrogen-bond acceptors (Lipinski definition) is 2. The fourth-order valence-electron chi connectivity index (χ4n) is 1.30. The molecule has 16 heavy (non-hydrogen) atoms. The highest BCUT2D eigenvalue weighted by Gasteiger charge is 2.14. The number of amides is 1. The van der Waals surface area contributed by atoms with Crippen LogP contribution in [0.5, 0.6) is 0 Å². The lowest BCUT2D eigenvalue weighted by molar-refractivity contribution is 0.0948. The monoisotopic (exact) mass is 220 g/mol. The van der Waals surface area contributed by atoms with E-state index in [4.69, 9.17) is 0 Å². The number of nitrogens with one attached hydrogen (secondary N) is 1. The maximum atomic E-state index is 11.6. The summed E-state index contributed by atoms with van der Waals surface area (Å²) in [4.78, 5) is 15.8. The van der Waals surface area contributed by atoms with Gasteiger partial charge in [0.15, 0.2) is 0 Å². The van der Waals surface area contributed by atoms with Gasteiger partial charge in [-0.1, -0.05) is 33.8 Å². The van der Waals surface area contributed by atoms with Gasteiger partial charge in [0.05, 0.1) is 0 Å². The van der Waals surface area contributed by atoms with Crippen molar-refractivity contribution in [1.29, 1.82) is 0 Å². The molecule has 0 saturated heterocycles. The molecule has 1 heterocycles. The average Bonchev–Trinajstić information content (AvgIpc) is 2.25. The Kier molecular flexibility index (Phi) is 4.05. The SMILES string of the molecule is CCCNC(=O)c1ccc(C(C)(C)C)cn1. The molecule has 1 aromatic rings. The van der Waals surface area contributed by atoms with Gasteiger partial charge in [-0.2, -0.15) is 0 Å². The fourth-order valence-corrected chi connectivity index (χ4v) is 1.30. The van der Waals surface area contributed by atoms with Crippen LogP contribution >= 0.6 is 0 Å². The van der Waals surface area contributed by atoms with E-state index in [0.29, 0.717) is 12.2 Å². The van der Waals surface area contributed by atoms with Crippen LogP contribution in [0.4, 0.5) is 0 Å². The third-order valence-corrected chi connectivity index (χ3v) is 2.40. The molecule has 0 saturated carbocycles. The van der Waals surface area contributed by atoms with Crippen LogP contribution in [-0.2, 0) is 5.41 Å². The van der Waals surface area contributed by atoms with Crippen molar-refractivity contribution in [3.8, 4) is 0 Å². The second-order valence-corrected chi connectivity index (χ2v) is 4.94. The molecular formula is C13H20N2O. The van der Waals surface area contributed by atoms with Gasteiger partial charge in [-0.05, 0) is 23.5 Å². The minimum atomic E-state index is -0.0951. The second-order valence-electron chi connectivity index (χ2n) is 4.94. The molecule has 3 heteroatoms. The Bertz CT molecular complexity index is 349. The van der Waals surface area contributed by atoms with Crippen LogP contribution in [0, 0.1) is 0 Å². The maximum Gasteiger partial charge on any atom is 0.269 e. The third-order valence-electron chi connectivity index (χ3n) is 2.40. The smallest absolute Gasteiger partial charge is 0.269 e. The van der Waals surface area contributed by atoms with Gasteiger partial charge in [0.1, 0.15) is 5.69 Å². The first-order valence-corrected chi connectivity index (χ1v) is 5.70. The number of carbonyl (C=O) groups excluding carboxylic acids is 1. The van der Waals surface area contributed by atoms with Crippen LogP contribution in [0.3, 0.4) is 0 Å². The highest BCUT2D eigenvalue weighted by atomic mass is 16.1. The van der Waals surface area contributed by atoms with Crippen molar-refractivity contribution in [2.45, 2.75) is 39.5 Å². The van der Waals surface area contributed by atoms with Gasteiger partial charge >= 0.3 is 0 Å². The lowest BCUT2D eigenvalue weighted by Crippen LogP contribution is -2.25. The molecule has 0 aromatic carbocycles. The molecule has 1 amide bonds. The van der Waals surface area contributed by atoms with Crippen molar-refractivity contribution in [2.24, 2.45) is 0 Å². The van der Waals surface area contributed by atoms with Gasteiger partial charge in [0.25, 0.3) is 5.91 Å². The standard InChI is InChI=1S/C13H20N2O/c1-5-8-14-12(16)11-7-6-10(9-15-11)13(2,3)4/h6-7,9H,5,8H2,1-4H3,(H,14,16). The topological polar surface area (TPSA) is 42.0 Å². The molecule has 0 aliphatic carbocycles. The zero-order chi connectivity index (χ0) is 12.2. The van der Waals surface area contributed by atoms with E-state index in [1.54, 1.807) is 12.3 Å². The van der Waals surface area contributed by atoms with E-state index in [-0.39, 0.29) is 11.3 Å². The lowest BCUT2D eigenvalue weighted by Gasteiger charge is -2.18. The van der Waals surface area contributed by atoms with E-state index in [9.17, 15) is 4.79 Å². The van der Waals surface area contributed by atoms with Crippen LogP contribution in [0.2, 0.25) is 0 Å². The molecule has 1 aromatic heterocycles. The molecule has 0 fully saturated rings. The van der Waals surface area contributed by atoms with Gasteiger partial charge in [0, 0.05) is 12.7 Å². The number of pyridine rings is 1. The molecule has 1 rings (SSSR count). The lowest BCUT2D eigenvalue weighted by atomic mass is 9.88. The Labute approximate surface area is 97.3 Å². The van der Waals surface area contributed by atoms with Crippen LogP contribution in [-0.4, -0.2) is 17.4 Å². The van der Waals surface area contributed by atoms with Gasteiger partial charge in [-0.15, -0.1) is 0 Å². The Morgan fingerprint density at radius 2 is 2.06 bits per heavy atom. The summed E-state index contributed by atoms with van der Waals surface area (Å²) in [5.41, 5.74) is 1.70. The Balaban J connectivity index is 2.75. The molecule has 0 radical (unpaired) electrons. The first-order chi connectivity index (χ1) is 7.45. The highest BCUT2D eigenvalue weighted by molar-refractivity contribution is 5.92. The summed E-state index contributed by atoms with van der Waals surface area (Å²) in [6.07, 6.45) is 2.71. The largest absolute Gasteiger partial charge is 0.351 e.